The molecule has 1 amide bonds. The van der Waals surface area contributed by atoms with Gasteiger partial charge in [-0.25, -0.2) is 4.79 Å². The topological polar surface area (TPSA) is 79.2 Å². The van der Waals surface area contributed by atoms with Crippen molar-refractivity contribution in [2.75, 3.05) is 5.32 Å². The van der Waals surface area contributed by atoms with Gasteiger partial charge >= 0.3 is 5.97 Å². The van der Waals surface area contributed by atoms with Gasteiger partial charge in [0.1, 0.15) is 0 Å². The maximum Gasteiger partial charge on any atom is 0.331 e. The molecule has 0 aliphatic carbocycles. The molecule has 132 valence electrons. The number of hydrogen-bond acceptors (Lipinski definition) is 4. The molecular formula is C19H14Cl2N2O3. The Hall–Kier alpha value is -2.81. The lowest BCUT2D eigenvalue weighted by Crippen LogP contribution is -2.29. The summed E-state index contributed by atoms with van der Waals surface area (Å²) in [6.07, 6.45) is 1.54. The molecule has 1 atom stereocenters. The highest BCUT2D eigenvalue weighted by Crippen LogP contribution is 2.25. The molecule has 0 heterocycles. The number of carbonyl (C=O) groups excluding carboxylic acids is 2. The van der Waals surface area contributed by atoms with E-state index < -0.39 is 18.0 Å². The number of anilines is 1. The molecule has 0 radical (unpaired) electrons. The largest absolute Gasteiger partial charge is 0.449 e. The van der Waals surface area contributed by atoms with Crippen molar-refractivity contribution in [2.45, 2.75) is 13.0 Å². The van der Waals surface area contributed by atoms with E-state index in [0.717, 1.165) is 6.08 Å². The molecule has 5 nitrogen and oxygen atoms in total. The fourth-order valence-electron chi connectivity index (χ4n) is 2.00. The van der Waals surface area contributed by atoms with Crippen LogP contribution in [0.1, 0.15) is 18.1 Å². The zero-order valence-electron chi connectivity index (χ0n) is 13.7. The highest BCUT2D eigenvalue weighted by atomic mass is 35.5. The Labute approximate surface area is 160 Å². The lowest BCUT2D eigenvalue weighted by Gasteiger charge is -2.12. The molecule has 0 spiro atoms. The summed E-state index contributed by atoms with van der Waals surface area (Å²) >= 11 is 12.0. The summed E-state index contributed by atoms with van der Waals surface area (Å²) in [4.78, 5) is 24.0. The van der Waals surface area contributed by atoms with Gasteiger partial charge in [-0.3, -0.25) is 4.79 Å². The van der Waals surface area contributed by atoms with Gasteiger partial charge in [0.2, 0.25) is 0 Å². The zero-order valence-corrected chi connectivity index (χ0v) is 15.2. The maximum absolute atomic E-state index is 12.1. The highest BCUT2D eigenvalue weighted by molar-refractivity contribution is 6.37. The molecule has 2 aromatic rings. The average Bonchev–Trinajstić information content (AvgIpc) is 2.61. The van der Waals surface area contributed by atoms with Crippen molar-refractivity contribution in [1.29, 1.82) is 5.26 Å². The minimum atomic E-state index is -1.03. The van der Waals surface area contributed by atoms with Crippen LogP contribution in [0.5, 0.6) is 0 Å². The first kappa shape index (κ1) is 19.5. The van der Waals surface area contributed by atoms with Gasteiger partial charge in [0.05, 0.1) is 11.6 Å². The van der Waals surface area contributed by atoms with Gasteiger partial charge in [-0.15, -0.1) is 0 Å². The average molecular weight is 389 g/mol. The third-order valence-corrected chi connectivity index (χ3v) is 3.97. The van der Waals surface area contributed by atoms with Crippen molar-refractivity contribution in [1.82, 2.24) is 0 Å². The number of benzene rings is 2. The number of nitrogens with zero attached hydrogens (tertiary/aromatic N) is 1. The third-order valence-electron chi connectivity index (χ3n) is 3.31. The van der Waals surface area contributed by atoms with E-state index in [1.807, 2.05) is 6.07 Å². The van der Waals surface area contributed by atoms with Crippen LogP contribution in [0.3, 0.4) is 0 Å². The predicted octanol–water partition coefficient (Wildman–Crippen LogP) is 4.45. The lowest BCUT2D eigenvalue weighted by atomic mass is 10.2. The molecule has 0 aliphatic heterocycles. The van der Waals surface area contributed by atoms with Crippen LogP contribution in [0.15, 0.2) is 48.5 Å². The van der Waals surface area contributed by atoms with Gasteiger partial charge < -0.3 is 10.1 Å². The summed E-state index contributed by atoms with van der Waals surface area (Å²) in [6, 6.07) is 13.4. The van der Waals surface area contributed by atoms with Crippen LogP contribution in [0.2, 0.25) is 10.0 Å². The second-order valence-corrected chi connectivity index (χ2v) is 6.04. The molecule has 26 heavy (non-hydrogen) atoms. The minimum Gasteiger partial charge on any atom is -0.449 e. The van der Waals surface area contributed by atoms with Gasteiger partial charge in [0.25, 0.3) is 5.91 Å². The lowest BCUT2D eigenvalue weighted by molar-refractivity contribution is -0.148. The first-order valence-corrected chi connectivity index (χ1v) is 8.30. The molecule has 0 saturated carbocycles. The monoisotopic (exact) mass is 388 g/mol. The second kappa shape index (κ2) is 9.04. The summed E-state index contributed by atoms with van der Waals surface area (Å²) < 4.78 is 5.05. The number of nitrogens with one attached hydrogen (secondary N) is 1. The molecule has 0 bridgehead atoms. The summed E-state index contributed by atoms with van der Waals surface area (Å²) in [5.74, 6) is -1.23. The van der Waals surface area contributed by atoms with Crippen LogP contribution in [-0.2, 0) is 14.3 Å². The van der Waals surface area contributed by atoms with Crippen LogP contribution in [0, 0.1) is 11.3 Å². The fraction of sp³-hybridized carbons (Fsp3) is 0.105. The van der Waals surface area contributed by atoms with Crippen molar-refractivity contribution < 1.29 is 14.3 Å². The quantitative estimate of drug-likeness (QED) is 0.605. The van der Waals surface area contributed by atoms with Crippen LogP contribution in [-0.4, -0.2) is 18.0 Å². The van der Waals surface area contributed by atoms with E-state index in [0.29, 0.717) is 26.9 Å². The standard InChI is InChI=1S/C19H14Cl2N2O3/c1-12(19(25)23-14-5-2-4-13(10-14)11-22)26-18(24)9-8-15-16(20)6-3-7-17(15)21/h2-10,12H,1H3,(H,23,25)/b9-8+/t12-/m0/s1. The Bertz CT molecular complexity index is 884. The van der Waals surface area contributed by atoms with E-state index in [9.17, 15) is 9.59 Å². The smallest absolute Gasteiger partial charge is 0.331 e. The van der Waals surface area contributed by atoms with Gasteiger partial charge in [0, 0.05) is 27.4 Å². The van der Waals surface area contributed by atoms with Gasteiger partial charge in [-0.05, 0) is 43.3 Å². The first-order chi connectivity index (χ1) is 12.4. The number of nitriles is 1. The molecule has 2 rings (SSSR count). The Balaban J connectivity index is 1.96. The van der Waals surface area contributed by atoms with Crippen molar-refractivity contribution in [3.8, 4) is 6.07 Å². The molecule has 1 N–H and O–H groups in total. The highest BCUT2D eigenvalue weighted by Gasteiger charge is 2.17. The van der Waals surface area contributed by atoms with E-state index >= 15 is 0 Å². The minimum absolute atomic E-state index is 0.393. The number of halogens is 2. The SMILES string of the molecule is C[C@H](OC(=O)/C=C/c1c(Cl)cccc1Cl)C(=O)Nc1cccc(C#N)c1. The number of esters is 1. The second-order valence-electron chi connectivity index (χ2n) is 5.23. The normalized spacial score (nSPS) is 11.6. The van der Waals surface area contributed by atoms with Crippen LogP contribution >= 0.6 is 23.2 Å². The Morgan fingerprint density at radius 2 is 1.85 bits per heavy atom. The van der Waals surface area contributed by atoms with Crippen LogP contribution in [0.25, 0.3) is 6.08 Å². The van der Waals surface area contributed by atoms with E-state index in [1.54, 1.807) is 36.4 Å². The molecule has 0 unspecified atom stereocenters. The maximum atomic E-state index is 12.1. The number of amides is 1. The van der Waals surface area contributed by atoms with E-state index in [1.165, 1.54) is 19.1 Å². The van der Waals surface area contributed by atoms with Crippen LogP contribution < -0.4 is 5.32 Å². The van der Waals surface area contributed by atoms with Gasteiger partial charge in [-0.1, -0.05) is 35.3 Å². The Morgan fingerprint density at radius 3 is 2.50 bits per heavy atom. The van der Waals surface area contributed by atoms with Crippen LogP contribution in [0.4, 0.5) is 5.69 Å². The summed E-state index contributed by atoms with van der Waals surface area (Å²) in [7, 11) is 0. The molecule has 0 saturated heterocycles. The fourth-order valence-corrected chi connectivity index (χ4v) is 2.52. The van der Waals surface area contributed by atoms with Crippen molar-refractivity contribution in [3.05, 3.63) is 69.7 Å². The Morgan fingerprint density at radius 1 is 1.19 bits per heavy atom. The summed E-state index contributed by atoms with van der Waals surface area (Å²) in [6.45, 7) is 1.44. The van der Waals surface area contributed by atoms with E-state index in [-0.39, 0.29) is 0 Å². The molecule has 0 aliphatic rings. The third kappa shape index (κ3) is 5.35. The summed E-state index contributed by atoms with van der Waals surface area (Å²) in [5, 5.41) is 12.2. The molecular weight excluding hydrogens is 375 g/mol. The number of rotatable bonds is 5. The number of hydrogen-bond donors (Lipinski definition) is 1. The van der Waals surface area contributed by atoms with Gasteiger partial charge in [0.15, 0.2) is 6.10 Å². The van der Waals surface area contributed by atoms with Gasteiger partial charge in [-0.2, -0.15) is 5.26 Å². The van der Waals surface area contributed by atoms with Crippen molar-refractivity contribution in [2.24, 2.45) is 0 Å². The molecule has 0 fully saturated rings. The van der Waals surface area contributed by atoms with E-state index in [2.05, 4.69) is 5.32 Å². The van der Waals surface area contributed by atoms with Crippen molar-refractivity contribution in [3.63, 3.8) is 0 Å². The summed E-state index contributed by atoms with van der Waals surface area (Å²) in [5.41, 5.74) is 1.33. The zero-order chi connectivity index (χ0) is 19.1. The molecule has 7 heteroatoms. The number of ether oxygens (including phenoxy) is 1. The van der Waals surface area contributed by atoms with Crippen molar-refractivity contribution >= 4 is 46.8 Å². The van der Waals surface area contributed by atoms with E-state index in [4.69, 9.17) is 33.2 Å². The predicted molar refractivity (Wildman–Crippen MR) is 101 cm³/mol. The molecule has 0 aromatic heterocycles. The molecule has 2 aromatic carbocycles. The first-order valence-electron chi connectivity index (χ1n) is 7.54. The number of carbonyl (C=O) groups is 2. The Kier molecular flexibility index (Phi) is 6.79.